The number of hydrogen-bond acceptors (Lipinski definition) is 4. The molecule has 2 aromatic rings. The Balaban J connectivity index is 2.19. The fraction of sp³-hybridized carbons (Fsp3) is 0.444. The minimum absolute atomic E-state index is 0.178. The summed E-state index contributed by atoms with van der Waals surface area (Å²) in [6.07, 6.45) is 1.57. The zero-order chi connectivity index (χ0) is 24.3. The molecule has 178 valence electrons. The molecule has 5 nitrogen and oxygen atoms in total. The number of nitrogens with one attached hydrogen (secondary N) is 1. The quantitative estimate of drug-likeness (QED) is 0.449. The third-order valence-corrected chi connectivity index (χ3v) is 11.7. The van der Waals surface area contributed by atoms with Crippen LogP contribution >= 0.6 is 0 Å². The Morgan fingerprint density at radius 2 is 1.64 bits per heavy atom. The van der Waals surface area contributed by atoms with Gasteiger partial charge in [0.05, 0.1) is 25.5 Å². The van der Waals surface area contributed by atoms with E-state index in [9.17, 15) is 4.79 Å². The van der Waals surface area contributed by atoms with Crippen molar-refractivity contribution in [3.63, 3.8) is 0 Å². The van der Waals surface area contributed by atoms with Gasteiger partial charge in [-0.3, -0.25) is 0 Å². The summed E-state index contributed by atoms with van der Waals surface area (Å²) in [6.45, 7) is 12.8. The monoisotopic (exact) mass is 467 g/mol. The second kappa shape index (κ2) is 9.73. The molecule has 0 aliphatic carbocycles. The second-order valence-electron chi connectivity index (χ2n) is 9.93. The molecule has 0 unspecified atom stereocenters. The van der Waals surface area contributed by atoms with Gasteiger partial charge in [-0.2, -0.15) is 0 Å². The van der Waals surface area contributed by atoms with Crippen LogP contribution in [0.15, 0.2) is 72.5 Å². The minimum Gasteiger partial charge on any atom is -0.504 e. The molecular weight excluding hydrogens is 430 g/mol. The van der Waals surface area contributed by atoms with Gasteiger partial charge in [-0.05, 0) is 41.3 Å². The standard InChI is InChI=1S/C27H37NO4Si/c1-8-23(27(6)24(20(2)19-30-7)28-25(29)31-27)32-33(26(3,4)5,21-15-11-9-12-16-21)22-17-13-10-14-18-22/h9-19,23-24H,8H2,1-7H3,(H,28,29)/b20-19+/t23-,24-,27-/m1/s1. The van der Waals surface area contributed by atoms with E-state index < -0.39 is 20.0 Å². The fourth-order valence-electron chi connectivity index (χ4n) is 5.13. The summed E-state index contributed by atoms with van der Waals surface area (Å²) >= 11 is 0. The summed E-state index contributed by atoms with van der Waals surface area (Å²) < 4.78 is 18.6. The molecule has 3 atom stereocenters. The maximum absolute atomic E-state index is 12.5. The fourth-order valence-corrected chi connectivity index (χ4v) is 9.97. The van der Waals surface area contributed by atoms with E-state index >= 15 is 0 Å². The summed E-state index contributed by atoms with van der Waals surface area (Å²) in [5.41, 5.74) is -0.00628. The van der Waals surface area contributed by atoms with Crippen molar-refractivity contribution in [1.82, 2.24) is 5.32 Å². The van der Waals surface area contributed by atoms with E-state index in [4.69, 9.17) is 13.9 Å². The number of carbonyl (C=O) groups excluding carboxylic acids is 1. The van der Waals surface area contributed by atoms with E-state index in [1.807, 2.05) is 26.0 Å². The highest BCUT2D eigenvalue weighted by Crippen LogP contribution is 2.42. The molecule has 2 aromatic carbocycles. The van der Waals surface area contributed by atoms with Gasteiger partial charge < -0.3 is 19.2 Å². The number of alkyl carbamates (subject to hydrolysis) is 1. The normalized spacial score (nSPS) is 22.5. The molecule has 1 heterocycles. The summed E-state index contributed by atoms with van der Waals surface area (Å²) in [5, 5.41) is 5.19. The van der Waals surface area contributed by atoms with Crippen LogP contribution in [0.4, 0.5) is 4.79 Å². The predicted octanol–water partition coefficient (Wildman–Crippen LogP) is 4.76. The number of hydrogen-bond donors (Lipinski definition) is 1. The third-order valence-electron chi connectivity index (χ3n) is 6.65. The topological polar surface area (TPSA) is 56.8 Å². The predicted molar refractivity (Wildman–Crippen MR) is 135 cm³/mol. The van der Waals surface area contributed by atoms with Crippen LogP contribution in [0.5, 0.6) is 0 Å². The number of ether oxygens (including phenoxy) is 2. The van der Waals surface area contributed by atoms with Crippen molar-refractivity contribution in [1.29, 1.82) is 0 Å². The highest BCUT2D eigenvalue weighted by atomic mass is 28.4. The number of cyclic esters (lactones) is 1. The lowest BCUT2D eigenvalue weighted by Crippen LogP contribution is -2.70. The Morgan fingerprint density at radius 3 is 2.06 bits per heavy atom. The molecule has 1 aliphatic rings. The molecule has 1 saturated heterocycles. The Bertz CT molecular complexity index is 931. The van der Waals surface area contributed by atoms with E-state index in [1.165, 1.54) is 10.4 Å². The van der Waals surface area contributed by atoms with Crippen molar-refractivity contribution in [2.75, 3.05) is 7.11 Å². The maximum atomic E-state index is 12.5. The van der Waals surface area contributed by atoms with Crippen LogP contribution in [-0.2, 0) is 13.9 Å². The molecule has 1 N–H and O–H groups in total. The van der Waals surface area contributed by atoms with Gasteiger partial charge in [0.25, 0.3) is 8.32 Å². The van der Waals surface area contributed by atoms with Crippen LogP contribution in [-0.4, -0.2) is 39.3 Å². The highest BCUT2D eigenvalue weighted by Gasteiger charge is 2.58. The molecule has 0 saturated carbocycles. The highest BCUT2D eigenvalue weighted by molar-refractivity contribution is 6.99. The molecular formula is C27H37NO4Si. The number of methoxy groups -OCH3 is 1. The van der Waals surface area contributed by atoms with Crippen molar-refractivity contribution in [2.45, 2.75) is 70.7 Å². The Kier molecular flexibility index (Phi) is 7.39. The molecule has 0 aromatic heterocycles. The Hall–Kier alpha value is -2.57. The molecule has 3 rings (SSSR count). The molecule has 0 bridgehead atoms. The third kappa shape index (κ3) is 4.59. The average Bonchev–Trinajstić information content (AvgIpc) is 3.10. The van der Waals surface area contributed by atoms with Crippen molar-refractivity contribution < 1.29 is 18.7 Å². The van der Waals surface area contributed by atoms with E-state index in [-0.39, 0.29) is 17.2 Å². The minimum atomic E-state index is -2.82. The SMILES string of the molecule is CC[C@@H](O[Si](c1ccccc1)(c1ccccc1)C(C)(C)C)[C@@]1(C)OC(=O)N[C@@H]1/C(C)=C/OC. The first-order chi connectivity index (χ1) is 15.6. The van der Waals surface area contributed by atoms with Crippen LogP contribution in [0.3, 0.4) is 0 Å². The van der Waals surface area contributed by atoms with E-state index in [2.05, 4.69) is 81.5 Å². The van der Waals surface area contributed by atoms with Crippen LogP contribution in [0.25, 0.3) is 0 Å². The van der Waals surface area contributed by atoms with Crippen LogP contribution in [0, 0.1) is 0 Å². The summed E-state index contributed by atoms with van der Waals surface area (Å²) in [4.78, 5) is 12.5. The molecule has 1 aliphatic heterocycles. The van der Waals surface area contributed by atoms with Gasteiger partial charge in [0, 0.05) is 0 Å². The van der Waals surface area contributed by atoms with E-state index in [0.717, 1.165) is 5.57 Å². The van der Waals surface area contributed by atoms with Gasteiger partial charge in [-0.25, -0.2) is 4.79 Å². The van der Waals surface area contributed by atoms with Crippen molar-refractivity contribution >= 4 is 24.8 Å². The summed E-state index contributed by atoms with van der Waals surface area (Å²) in [7, 11) is -1.22. The first kappa shape index (κ1) is 25.1. The average molecular weight is 468 g/mol. The number of benzene rings is 2. The number of rotatable bonds is 8. The van der Waals surface area contributed by atoms with Crippen molar-refractivity contribution in [3.8, 4) is 0 Å². The summed E-state index contributed by atoms with van der Waals surface area (Å²) in [5.74, 6) is 0. The Labute approximate surface area is 199 Å². The number of amides is 1. The molecule has 0 spiro atoms. The van der Waals surface area contributed by atoms with Gasteiger partial charge in [0.1, 0.15) is 0 Å². The first-order valence-electron chi connectivity index (χ1n) is 11.6. The second-order valence-corrected chi connectivity index (χ2v) is 14.2. The molecule has 1 fully saturated rings. The molecule has 1 amide bonds. The van der Waals surface area contributed by atoms with Gasteiger partial charge in [0.15, 0.2) is 5.60 Å². The van der Waals surface area contributed by atoms with Crippen molar-refractivity contribution in [3.05, 3.63) is 72.5 Å². The van der Waals surface area contributed by atoms with Gasteiger partial charge in [-0.1, -0.05) is 88.4 Å². The van der Waals surface area contributed by atoms with Crippen LogP contribution in [0.1, 0.15) is 48.0 Å². The van der Waals surface area contributed by atoms with Gasteiger partial charge in [0.2, 0.25) is 0 Å². The first-order valence-corrected chi connectivity index (χ1v) is 13.5. The zero-order valence-corrected chi connectivity index (χ0v) is 21.8. The zero-order valence-electron chi connectivity index (χ0n) is 20.8. The molecule has 0 radical (unpaired) electrons. The summed E-state index contributed by atoms with van der Waals surface area (Å²) in [6, 6.07) is 20.7. The largest absolute Gasteiger partial charge is 0.504 e. The lowest BCUT2D eigenvalue weighted by Gasteiger charge is -2.48. The van der Waals surface area contributed by atoms with Gasteiger partial charge in [-0.15, -0.1) is 0 Å². The van der Waals surface area contributed by atoms with Gasteiger partial charge >= 0.3 is 6.09 Å². The van der Waals surface area contributed by atoms with E-state index in [0.29, 0.717) is 6.42 Å². The lowest BCUT2D eigenvalue weighted by molar-refractivity contribution is -0.0444. The van der Waals surface area contributed by atoms with Crippen LogP contribution < -0.4 is 15.7 Å². The lowest BCUT2D eigenvalue weighted by atomic mass is 9.85. The Morgan fingerprint density at radius 1 is 1.12 bits per heavy atom. The maximum Gasteiger partial charge on any atom is 0.408 e. The number of carbonyl (C=O) groups is 1. The molecule has 33 heavy (non-hydrogen) atoms. The van der Waals surface area contributed by atoms with Crippen LogP contribution in [0.2, 0.25) is 5.04 Å². The smallest absolute Gasteiger partial charge is 0.408 e. The van der Waals surface area contributed by atoms with E-state index in [1.54, 1.807) is 13.4 Å². The molecule has 6 heteroatoms. The van der Waals surface area contributed by atoms with Crippen molar-refractivity contribution in [2.24, 2.45) is 0 Å².